The average Bonchev–Trinajstić information content (AvgIpc) is 3.19. The Morgan fingerprint density at radius 2 is 1.86 bits per heavy atom. The van der Waals surface area contributed by atoms with Crippen LogP contribution >= 0.6 is 0 Å². The van der Waals surface area contributed by atoms with Gasteiger partial charge in [-0.05, 0) is 24.1 Å². The molecular formula is C21H26N4O3. The van der Waals surface area contributed by atoms with Crippen molar-refractivity contribution in [2.75, 3.05) is 50.9 Å². The molecule has 1 aromatic carbocycles. The van der Waals surface area contributed by atoms with Crippen molar-refractivity contribution in [3.8, 4) is 5.75 Å². The topological polar surface area (TPSA) is 71.0 Å². The van der Waals surface area contributed by atoms with Crippen LogP contribution in [0.5, 0.6) is 5.75 Å². The molecular weight excluding hydrogens is 356 g/mol. The molecule has 0 spiro atoms. The fourth-order valence-corrected chi connectivity index (χ4v) is 4.15. The molecule has 28 heavy (non-hydrogen) atoms. The van der Waals surface area contributed by atoms with E-state index in [0.717, 1.165) is 56.5 Å². The van der Waals surface area contributed by atoms with Gasteiger partial charge in [0, 0.05) is 56.6 Å². The van der Waals surface area contributed by atoms with Gasteiger partial charge in [0.1, 0.15) is 11.4 Å². The normalized spacial score (nSPS) is 22.3. The molecule has 0 saturated carbocycles. The third-order valence-corrected chi connectivity index (χ3v) is 6.20. The Balaban J connectivity index is 1.21. The van der Waals surface area contributed by atoms with E-state index < -0.39 is 5.60 Å². The van der Waals surface area contributed by atoms with E-state index in [1.165, 1.54) is 11.1 Å². The molecule has 2 aromatic rings. The Bertz CT molecular complexity index is 845. The Kier molecular flexibility index (Phi) is 4.45. The molecule has 3 aliphatic rings. The summed E-state index contributed by atoms with van der Waals surface area (Å²) >= 11 is 0. The van der Waals surface area contributed by atoms with Gasteiger partial charge in [-0.1, -0.05) is 12.1 Å². The summed E-state index contributed by atoms with van der Waals surface area (Å²) in [4.78, 5) is 13.7. The Morgan fingerprint density at radius 3 is 2.54 bits per heavy atom. The maximum absolute atomic E-state index is 10.3. The van der Waals surface area contributed by atoms with Crippen LogP contribution in [0.3, 0.4) is 0 Å². The number of nitrogens with zero attached hydrogens (tertiary/aromatic N) is 4. The van der Waals surface area contributed by atoms with E-state index in [2.05, 4.69) is 44.9 Å². The lowest BCUT2D eigenvalue weighted by Gasteiger charge is -2.39. The highest BCUT2D eigenvalue weighted by molar-refractivity contribution is 5.41. The lowest BCUT2D eigenvalue weighted by Crippen LogP contribution is -2.48. The fourth-order valence-electron chi connectivity index (χ4n) is 4.15. The highest BCUT2D eigenvalue weighted by Crippen LogP contribution is 2.31. The van der Waals surface area contributed by atoms with E-state index in [4.69, 9.17) is 9.47 Å². The Labute approximate surface area is 164 Å². The fraction of sp³-hybridized carbons (Fsp3) is 0.524. The molecule has 2 saturated heterocycles. The number of aliphatic hydroxyl groups is 1. The van der Waals surface area contributed by atoms with Crippen molar-refractivity contribution in [2.45, 2.75) is 25.0 Å². The molecule has 3 aliphatic heterocycles. The third-order valence-electron chi connectivity index (χ3n) is 6.20. The monoisotopic (exact) mass is 382 g/mol. The van der Waals surface area contributed by atoms with Crippen LogP contribution in [-0.4, -0.2) is 66.0 Å². The van der Waals surface area contributed by atoms with Crippen LogP contribution < -0.4 is 9.64 Å². The number of fused-ring (bicyclic) bond motifs is 1. The highest BCUT2D eigenvalue weighted by Gasteiger charge is 2.38. The zero-order valence-corrected chi connectivity index (χ0v) is 16.2. The summed E-state index contributed by atoms with van der Waals surface area (Å²) in [5.41, 5.74) is 2.45. The summed E-state index contributed by atoms with van der Waals surface area (Å²) in [5, 5.41) is 10.3. The van der Waals surface area contributed by atoms with Crippen LogP contribution in [0.25, 0.3) is 0 Å². The Morgan fingerprint density at radius 1 is 1.11 bits per heavy atom. The highest BCUT2D eigenvalue weighted by atomic mass is 16.5. The van der Waals surface area contributed by atoms with Gasteiger partial charge in [0.25, 0.3) is 0 Å². The van der Waals surface area contributed by atoms with Gasteiger partial charge in [-0.25, -0.2) is 9.97 Å². The van der Waals surface area contributed by atoms with E-state index in [1.54, 1.807) is 12.4 Å². The van der Waals surface area contributed by atoms with Crippen LogP contribution in [-0.2, 0) is 16.8 Å². The van der Waals surface area contributed by atoms with E-state index >= 15 is 0 Å². The van der Waals surface area contributed by atoms with E-state index in [1.807, 2.05) is 0 Å². The van der Waals surface area contributed by atoms with Crippen molar-refractivity contribution >= 4 is 5.95 Å². The van der Waals surface area contributed by atoms with Gasteiger partial charge in [0.2, 0.25) is 5.95 Å². The quantitative estimate of drug-likeness (QED) is 0.859. The van der Waals surface area contributed by atoms with Gasteiger partial charge in [0.05, 0.1) is 19.8 Å². The predicted molar refractivity (Wildman–Crippen MR) is 105 cm³/mol. The predicted octanol–water partition coefficient (Wildman–Crippen LogP) is 1.51. The standard InChI is InChI=1S/C21H26N4O3/c1-15(17-3-2-16-4-9-28-19(16)10-17)24-5-7-25(8-6-24)20-22-11-18(12-23-20)21(26)13-27-14-21/h2-3,10-12,15,26H,4-9,13-14H2,1H3. The minimum Gasteiger partial charge on any atom is -0.493 e. The number of piperazine rings is 1. The van der Waals surface area contributed by atoms with Crippen molar-refractivity contribution in [3.05, 3.63) is 47.3 Å². The number of ether oxygens (including phenoxy) is 2. The lowest BCUT2D eigenvalue weighted by molar-refractivity contribution is -0.184. The minimum absolute atomic E-state index is 0.319. The number of benzene rings is 1. The van der Waals surface area contributed by atoms with Gasteiger partial charge in [-0.3, -0.25) is 4.90 Å². The number of anilines is 1. The SMILES string of the molecule is CC(c1ccc2c(c1)OCC2)N1CCN(c2ncc(C3(O)COC3)cn2)CC1. The van der Waals surface area contributed by atoms with Gasteiger partial charge < -0.3 is 19.5 Å². The zero-order valence-electron chi connectivity index (χ0n) is 16.2. The summed E-state index contributed by atoms with van der Waals surface area (Å²) in [6.45, 7) is 7.40. The first-order valence-corrected chi connectivity index (χ1v) is 10.00. The molecule has 0 radical (unpaired) electrons. The zero-order chi connectivity index (χ0) is 19.1. The van der Waals surface area contributed by atoms with Gasteiger partial charge in [0.15, 0.2) is 0 Å². The van der Waals surface area contributed by atoms with Crippen molar-refractivity contribution < 1.29 is 14.6 Å². The molecule has 0 aliphatic carbocycles. The van der Waals surface area contributed by atoms with Crippen LogP contribution in [0.4, 0.5) is 5.95 Å². The number of hydrogen-bond donors (Lipinski definition) is 1. The van der Waals surface area contributed by atoms with Crippen LogP contribution in [0.1, 0.15) is 29.7 Å². The van der Waals surface area contributed by atoms with E-state index in [9.17, 15) is 5.11 Å². The molecule has 148 valence electrons. The van der Waals surface area contributed by atoms with Crippen molar-refractivity contribution in [2.24, 2.45) is 0 Å². The second kappa shape index (κ2) is 6.99. The Hall–Kier alpha value is -2.22. The molecule has 0 bridgehead atoms. The number of hydrogen-bond acceptors (Lipinski definition) is 7. The summed E-state index contributed by atoms with van der Waals surface area (Å²) < 4.78 is 10.8. The lowest BCUT2D eigenvalue weighted by atomic mass is 9.95. The summed E-state index contributed by atoms with van der Waals surface area (Å²) in [7, 11) is 0. The van der Waals surface area contributed by atoms with E-state index in [0.29, 0.717) is 19.3 Å². The second-order valence-corrected chi connectivity index (χ2v) is 7.96. The van der Waals surface area contributed by atoms with Gasteiger partial charge in [-0.2, -0.15) is 0 Å². The summed E-state index contributed by atoms with van der Waals surface area (Å²) in [6.07, 6.45) is 4.47. The average molecular weight is 382 g/mol. The largest absolute Gasteiger partial charge is 0.493 e. The van der Waals surface area contributed by atoms with E-state index in [-0.39, 0.29) is 0 Å². The molecule has 4 heterocycles. The number of rotatable bonds is 4. The van der Waals surface area contributed by atoms with Crippen LogP contribution in [0.2, 0.25) is 0 Å². The molecule has 1 N–H and O–H groups in total. The molecule has 2 fully saturated rings. The first kappa shape index (κ1) is 17.8. The van der Waals surface area contributed by atoms with Gasteiger partial charge in [-0.15, -0.1) is 0 Å². The van der Waals surface area contributed by atoms with Crippen molar-refractivity contribution in [1.29, 1.82) is 0 Å². The third kappa shape index (κ3) is 3.13. The molecule has 1 unspecified atom stereocenters. The molecule has 1 aromatic heterocycles. The smallest absolute Gasteiger partial charge is 0.225 e. The van der Waals surface area contributed by atoms with Crippen molar-refractivity contribution in [1.82, 2.24) is 14.9 Å². The van der Waals surface area contributed by atoms with Crippen molar-refractivity contribution in [3.63, 3.8) is 0 Å². The first-order chi connectivity index (χ1) is 13.6. The van der Waals surface area contributed by atoms with Crippen LogP contribution in [0, 0.1) is 0 Å². The molecule has 0 amide bonds. The minimum atomic E-state index is -0.910. The first-order valence-electron chi connectivity index (χ1n) is 10.00. The summed E-state index contributed by atoms with van der Waals surface area (Å²) in [6, 6.07) is 7.01. The summed E-state index contributed by atoms with van der Waals surface area (Å²) in [5.74, 6) is 1.78. The van der Waals surface area contributed by atoms with Crippen LogP contribution in [0.15, 0.2) is 30.6 Å². The maximum atomic E-state index is 10.3. The molecule has 1 atom stereocenters. The second-order valence-electron chi connectivity index (χ2n) is 7.96. The van der Waals surface area contributed by atoms with Gasteiger partial charge >= 0.3 is 0 Å². The molecule has 7 heteroatoms. The number of aromatic nitrogens is 2. The molecule has 5 rings (SSSR count). The molecule has 7 nitrogen and oxygen atoms in total. The maximum Gasteiger partial charge on any atom is 0.225 e.